The molecule has 0 aliphatic carbocycles. The highest BCUT2D eigenvalue weighted by atomic mass is 16.7. The Morgan fingerprint density at radius 3 is 1.96 bits per heavy atom. The Morgan fingerprint density at radius 1 is 0.750 bits per heavy atom. The second-order valence-corrected chi connectivity index (χ2v) is 6.05. The number of ether oxygens (including phenoxy) is 6. The SMILES string of the molecule is COCOc1ccc(C(O)CCc2ccc(OCOC)cc2OCOC)cc1. The second-order valence-electron chi connectivity index (χ2n) is 6.05. The van der Waals surface area contributed by atoms with Crippen molar-refractivity contribution in [1.82, 2.24) is 0 Å². The van der Waals surface area contributed by atoms with E-state index in [0.29, 0.717) is 30.1 Å². The summed E-state index contributed by atoms with van der Waals surface area (Å²) in [5.74, 6) is 1.99. The Labute approximate surface area is 165 Å². The largest absolute Gasteiger partial charge is 0.468 e. The molecule has 0 spiro atoms. The van der Waals surface area contributed by atoms with Crippen LogP contribution in [0.3, 0.4) is 0 Å². The molecule has 0 aliphatic heterocycles. The first-order valence-electron chi connectivity index (χ1n) is 8.94. The molecule has 1 N–H and O–H groups in total. The van der Waals surface area contributed by atoms with Crippen molar-refractivity contribution in [2.24, 2.45) is 0 Å². The molecule has 0 saturated heterocycles. The van der Waals surface area contributed by atoms with Gasteiger partial charge in [0.15, 0.2) is 20.4 Å². The fourth-order valence-corrected chi connectivity index (χ4v) is 2.59. The lowest BCUT2D eigenvalue weighted by atomic mass is 10.0. The lowest BCUT2D eigenvalue weighted by Gasteiger charge is -2.15. The molecule has 2 aromatic carbocycles. The molecule has 0 fully saturated rings. The third-order valence-electron chi connectivity index (χ3n) is 4.01. The third-order valence-corrected chi connectivity index (χ3v) is 4.01. The number of rotatable bonds is 13. The van der Waals surface area contributed by atoms with E-state index in [1.807, 2.05) is 36.4 Å². The molecule has 0 amide bonds. The quantitative estimate of drug-likeness (QED) is 0.524. The zero-order valence-electron chi connectivity index (χ0n) is 16.6. The molecule has 0 radical (unpaired) electrons. The van der Waals surface area contributed by atoms with Crippen molar-refractivity contribution in [3.8, 4) is 17.2 Å². The average molecular weight is 392 g/mol. The van der Waals surface area contributed by atoms with Crippen LogP contribution in [0.1, 0.15) is 23.7 Å². The standard InChI is InChI=1S/C21H28O7/c1-23-13-26-18-8-4-16(5-9-18)20(22)11-7-17-6-10-19(27-14-24-2)12-21(17)28-15-25-3/h4-6,8-10,12,20,22H,7,11,13-15H2,1-3H3. The fourth-order valence-electron chi connectivity index (χ4n) is 2.59. The maximum atomic E-state index is 10.5. The summed E-state index contributed by atoms with van der Waals surface area (Å²) >= 11 is 0. The normalized spacial score (nSPS) is 11.9. The molecule has 0 bridgehead atoms. The van der Waals surface area contributed by atoms with E-state index in [-0.39, 0.29) is 20.4 Å². The summed E-state index contributed by atoms with van der Waals surface area (Å²) in [6, 6.07) is 12.9. The Hall–Kier alpha value is -2.32. The van der Waals surface area contributed by atoms with E-state index in [9.17, 15) is 5.11 Å². The van der Waals surface area contributed by atoms with Crippen LogP contribution in [0.25, 0.3) is 0 Å². The summed E-state index contributed by atoms with van der Waals surface area (Å²) in [6.45, 7) is 0.480. The predicted octanol–water partition coefficient (Wildman–Crippen LogP) is 3.30. The Bertz CT molecular complexity index is 688. The van der Waals surface area contributed by atoms with Crippen LogP contribution in [0, 0.1) is 0 Å². The van der Waals surface area contributed by atoms with Crippen molar-refractivity contribution in [3.05, 3.63) is 53.6 Å². The van der Waals surface area contributed by atoms with Gasteiger partial charge >= 0.3 is 0 Å². The van der Waals surface area contributed by atoms with Crippen molar-refractivity contribution in [2.75, 3.05) is 41.7 Å². The molecule has 0 saturated carbocycles. The minimum atomic E-state index is -0.601. The summed E-state index contributed by atoms with van der Waals surface area (Å²) in [7, 11) is 4.70. The fraction of sp³-hybridized carbons (Fsp3) is 0.429. The number of benzene rings is 2. The van der Waals surface area contributed by atoms with Gasteiger partial charge in [-0.1, -0.05) is 18.2 Å². The molecule has 2 aromatic rings. The van der Waals surface area contributed by atoms with E-state index in [2.05, 4.69) is 0 Å². The van der Waals surface area contributed by atoms with Gasteiger partial charge in [0.2, 0.25) is 0 Å². The van der Waals surface area contributed by atoms with Crippen LogP contribution in [0.15, 0.2) is 42.5 Å². The van der Waals surface area contributed by atoms with Crippen molar-refractivity contribution in [3.63, 3.8) is 0 Å². The third kappa shape index (κ3) is 7.01. The molecule has 1 atom stereocenters. The number of aliphatic hydroxyl groups excluding tert-OH is 1. The van der Waals surface area contributed by atoms with Gasteiger partial charge in [-0.2, -0.15) is 0 Å². The molecular weight excluding hydrogens is 364 g/mol. The highest BCUT2D eigenvalue weighted by Gasteiger charge is 2.12. The molecule has 0 heterocycles. The highest BCUT2D eigenvalue weighted by Crippen LogP contribution is 2.29. The van der Waals surface area contributed by atoms with Crippen LogP contribution in [0.2, 0.25) is 0 Å². The molecule has 0 aliphatic rings. The zero-order valence-corrected chi connectivity index (χ0v) is 16.6. The van der Waals surface area contributed by atoms with Crippen LogP contribution in [-0.2, 0) is 20.6 Å². The summed E-state index contributed by atoms with van der Waals surface area (Å²) in [6.07, 6.45) is 0.572. The van der Waals surface area contributed by atoms with Crippen LogP contribution in [-0.4, -0.2) is 46.8 Å². The molecule has 28 heavy (non-hydrogen) atoms. The number of methoxy groups -OCH3 is 3. The summed E-state index contributed by atoms with van der Waals surface area (Å²) in [4.78, 5) is 0. The predicted molar refractivity (Wildman–Crippen MR) is 104 cm³/mol. The lowest BCUT2D eigenvalue weighted by Crippen LogP contribution is -2.05. The van der Waals surface area contributed by atoms with Crippen LogP contribution < -0.4 is 14.2 Å². The number of aryl methyl sites for hydroxylation is 1. The maximum absolute atomic E-state index is 10.5. The van der Waals surface area contributed by atoms with Gasteiger partial charge in [-0.05, 0) is 42.2 Å². The van der Waals surface area contributed by atoms with Crippen LogP contribution >= 0.6 is 0 Å². The summed E-state index contributed by atoms with van der Waals surface area (Å²) < 4.78 is 31.2. The first-order valence-corrected chi connectivity index (χ1v) is 8.94. The molecular formula is C21H28O7. The maximum Gasteiger partial charge on any atom is 0.188 e. The van der Waals surface area contributed by atoms with Gasteiger partial charge in [0.05, 0.1) is 6.10 Å². The van der Waals surface area contributed by atoms with Gasteiger partial charge in [-0.15, -0.1) is 0 Å². The minimum absolute atomic E-state index is 0.131. The number of aliphatic hydroxyl groups is 1. The molecule has 7 heteroatoms. The number of hydrogen-bond donors (Lipinski definition) is 1. The molecule has 2 rings (SSSR count). The van der Waals surface area contributed by atoms with Gasteiger partial charge in [0.1, 0.15) is 17.2 Å². The summed E-state index contributed by atoms with van der Waals surface area (Å²) in [5.41, 5.74) is 1.78. The van der Waals surface area contributed by atoms with Crippen molar-refractivity contribution < 1.29 is 33.5 Å². The molecule has 154 valence electrons. The van der Waals surface area contributed by atoms with Crippen LogP contribution in [0.5, 0.6) is 17.2 Å². The van der Waals surface area contributed by atoms with Crippen molar-refractivity contribution in [1.29, 1.82) is 0 Å². The number of hydrogen-bond acceptors (Lipinski definition) is 7. The first kappa shape index (κ1) is 22.0. The Morgan fingerprint density at radius 2 is 1.32 bits per heavy atom. The molecule has 0 aromatic heterocycles. The van der Waals surface area contributed by atoms with Gasteiger partial charge in [0, 0.05) is 27.4 Å². The van der Waals surface area contributed by atoms with Gasteiger partial charge < -0.3 is 33.5 Å². The molecule has 1 unspecified atom stereocenters. The van der Waals surface area contributed by atoms with Gasteiger partial charge in [-0.3, -0.25) is 0 Å². The smallest absolute Gasteiger partial charge is 0.188 e. The van der Waals surface area contributed by atoms with Gasteiger partial charge in [-0.25, -0.2) is 0 Å². The van der Waals surface area contributed by atoms with Crippen LogP contribution in [0.4, 0.5) is 0 Å². The zero-order chi connectivity index (χ0) is 20.2. The van der Waals surface area contributed by atoms with Crippen molar-refractivity contribution in [2.45, 2.75) is 18.9 Å². The van der Waals surface area contributed by atoms with E-state index in [4.69, 9.17) is 28.4 Å². The van der Waals surface area contributed by atoms with E-state index in [1.165, 1.54) is 0 Å². The Kier molecular flexibility index (Phi) is 9.57. The summed E-state index contributed by atoms with van der Waals surface area (Å²) in [5, 5.41) is 10.5. The van der Waals surface area contributed by atoms with E-state index < -0.39 is 6.10 Å². The van der Waals surface area contributed by atoms with E-state index in [0.717, 1.165) is 11.1 Å². The molecule has 7 nitrogen and oxygen atoms in total. The topological polar surface area (TPSA) is 75.6 Å². The van der Waals surface area contributed by atoms with E-state index in [1.54, 1.807) is 27.4 Å². The average Bonchev–Trinajstić information content (AvgIpc) is 2.74. The monoisotopic (exact) mass is 392 g/mol. The lowest BCUT2D eigenvalue weighted by molar-refractivity contribution is 0.0455. The second kappa shape index (κ2) is 12.2. The highest BCUT2D eigenvalue weighted by molar-refractivity contribution is 5.41. The minimum Gasteiger partial charge on any atom is -0.468 e. The van der Waals surface area contributed by atoms with Crippen molar-refractivity contribution >= 4 is 0 Å². The Balaban J connectivity index is 1.99. The first-order chi connectivity index (χ1) is 13.7. The van der Waals surface area contributed by atoms with E-state index >= 15 is 0 Å². The van der Waals surface area contributed by atoms with Gasteiger partial charge in [0.25, 0.3) is 0 Å².